The second-order valence-electron chi connectivity index (χ2n) is 5.30. The van der Waals surface area contributed by atoms with Crippen LogP contribution in [0.25, 0.3) is 0 Å². The summed E-state index contributed by atoms with van der Waals surface area (Å²) >= 11 is 5.66. The van der Waals surface area contributed by atoms with Gasteiger partial charge in [-0.05, 0) is 44.1 Å². The Morgan fingerprint density at radius 3 is 2.89 bits per heavy atom. The minimum absolute atomic E-state index is 0.172. The van der Waals surface area contributed by atoms with Gasteiger partial charge in [0, 0.05) is 11.9 Å². The van der Waals surface area contributed by atoms with Crippen molar-refractivity contribution in [3.63, 3.8) is 0 Å². The second-order valence-corrected chi connectivity index (χ2v) is 9.13. The monoisotopic (exact) mass is 316 g/mol. The quantitative estimate of drug-likeness (QED) is 0.904. The molecule has 2 fully saturated rings. The molecule has 2 saturated heterocycles. The Labute approximate surface area is 127 Å². The van der Waals surface area contributed by atoms with Crippen LogP contribution in [0.4, 0.5) is 5.13 Å². The predicted molar refractivity (Wildman–Crippen MR) is 85.4 cm³/mol. The number of rotatable bonds is 2. The Morgan fingerprint density at radius 1 is 1.42 bits per heavy atom. The Kier molecular flexibility index (Phi) is 4.31. The van der Waals surface area contributed by atoms with Crippen LogP contribution in [0.15, 0.2) is 4.21 Å². The normalized spacial score (nSPS) is 26.7. The largest absolute Gasteiger partial charge is 0.375 e. The molecule has 0 aliphatic carbocycles. The third-order valence-corrected chi connectivity index (χ3v) is 7.45. The third-order valence-electron chi connectivity index (χ3n) is 3.90. The summed E-state index contributed by atoms with van der Waals surface area (Å²) in [6, 6.07) is 0. The summed E-state index contributed by atoms with van der Waals surface area (Å²) in [5.74, 6) is 2.51. The van der Waals surface area contributed by atoms with Gasteiger partial charge in [0.1, 0.15) is 0 Å². The smallest absolute Gasteiger partial charge is 0.181 e. The van der Waals surface area contributed by atoms with Gasteiger partial charge in [-0.15, -0.1) is 11.8 Å². The first-order valence-electron chi connectivity index (χ1n) is 6.78. The molecular weight excluding hydrogens is 296 g/mol. The summed E-state index contributed by atoms with van der Waals surface area (Å²) in [5.41, 5.74) is 7.05. The second kappa shape index (κ2) is 5.84. The highest BCUT2D eigenvalue weighted by Crippen LogP contribution is 2.44. The number of nitrogen functional groups attached to an aromatic ring is 1. The minimum Gasteiger partial charge on any atom is -0.375 e. The number of aryl methyl sites for hydroxylation is 1. The van der Waals surface area contributed by atoms with Crippen LogP contribution < -0.4 is 5.73 Å². The van der Waals surface area contributed by atoms with Gasteiger partial charge in [0.15, 0.2) is 5.13 Å². The lowest BCUT2D eigenvalue weighted by atomic mass is 9.88. The van der Waals surface area contributed by atoms with Crippen molar-refractivity contribution in [3.8, 4) is 0 Å². The van der Waals surface area contributed by atoms with Crippen LogP contribution in [0, 0.1) is 6.92 Å². The summed E-state index contributed by atoms with van der Waals surface area (Å²) in [6.07, 6.45) is 4.78. The molecule has 1 aromatic heterocycles. The fourth-order valence-electron chi connectivity index (χ4n) is 2.84. The van der Waals surface area contributed by atoms with Gasteiger partial charge in [-0.1, -0.05) is 11.3 Å². The van der Waals surface area contributed by atoms with Crippen molar-refractivity contribution in [1.82, 2.24) is 4.98 Å². The first-order valence-corrected chi connectivity index (χ1v) is 9.63. The molecule has 0 amide bonds. The zero-order valence-corrected chi connectivity index (χ0v) is 13.6. The number of nitrogens with zero attached hydrogens (tertiary/aromatic N) is 1. The zero-order chi connectivity index (χ0) is 13.3. The number of hydrogen-bond donors (Lipinski definition) is 1. The number of thioether (sulfide) groups is 2. The van der Waals surface area contributed by atoms with Gasteiger partial charge >= 0.3 is 0 Å². The molecule has 106 valence electrons. The lowest BCUT2D eigenvalue weighted by molar-refractivity contribution is -0.0804. The fourth-order valence-corrected chi connectivity index (χ4v) is 6.62. The maximum atomic E-state index is 6.15. The highest BCUT2D eigenvalue weighted by Gasteiger charge is 2.39. The molecular formula is C13H20N2OS3. The molecule has 3 heterocycles. The van der Waals surface area contributed by atoms with Crippen molar-refractivity contribution in [2.24, 2.45) is 0 Å². The van der Waals surface area contributed by atoms with E-state index in [1.54, 1.807) is 11.3 Å². The molecule has 1 aromatic rings. The Bertz CT molecular complexity index is 438. The molecule has 3 nitrogen and oxygen atoms in total. The fraction of sp³-hybridized carbons (Fsp3) is 0.769. The zero-order valence-electron chi connectivity index (χ0n) is 11.2. The first kappa shape index (κ1) is 14.0. The van der Waals surface area contributed by atoms with E-state index in [0.717, 1.165) is 18.7 Å². The third kappa shape index (κ3) is 3.23. The van der Waals surface area contributed by atoms with E-state index in [1.807, 2.05) is 11.8 Å². The van der Waals surface area contributed by atoms with Crippen LogP contribution in [0.1, 0.15) is 31.4 Å². The molecule has 1 spiro atoms. The Morgan fingerprint density at radius 2 is 2.21 bits per heavy atom. The minimum atomic E-state index is 0.172. The molecule has 1 unspecified atom stereocenters. The van der Waals surface area contributed by atoms with Crippen LogP contribution in [-0.4, -0.2) is 33.9 Å². The summed E-state index contributed by atoms with van der Waals surface area (Å²) < 4.78 is 7.44. The van der Waals surface area contributed by atoms with Crippen molar-refractivity contribution in [3.05, 3.63) is 5.69 Å². The van der Waals surface area contributed by atoms with E-state index in [1.165, 1.54) is 35.0 Å². The Hall–Kier alpha value is 0.0900. The van der Waals surface area contributed by atoms with Crippen LogP contribution in [-0.2, 0) is 4.74 Å². The number of thiazole rings is 1. The van der Waals surface area contributed by atoms with Crippen molar-refractivity contribution in [1.29, 1.82) is 0 Å². The highest BCUT2D eigenvalue weighted by atomic mass is 32.2. The van der Waals surface area contributed by atoms with Crippen molar-refractivity contribution < 1.29 is 4.74 Å². The Balaban J connectivity index is 1.66. The number of hydrogen-bond acceptors (Lipinski definition) is 6. The summed E-state index contributed by atoms with van der Waals surface area (Å²) in [7, 11) is 0. The van der Waals surface area contributed by atoms with Gasteiger partial charge in [-0.2, -0.15) is 11.8 Å². The maximum absolute atomic E-state index is 6.15. The van der Waals surface area contributed by atoms with E-state index in [9.17, 15) is 0 Å². The van der Waals surface area contributed by atoms with Crippen molar-refractivity contribution in [2.45, 2.75) is 47.7 Å². The summed E-state index contributed by atoms with van der Waals surface area (Å²) in [6.45, 7) is 2.97. The summed E-state index contributed by atoms with van der Waals surface area (Å²) in [5, 5.41) is 1.35. The van der Waals surface area contributed by atoms with Gasteiger partial charge < -0.3 is 10.5 Å². The van der Waals surface area contributed by atoms with Crippen LogP contribution >= 0.6 is 34.9 Å². The highest BCUT2D eigenvalue weighted by molar-refractivity contribution is 8.01. The van der Waals surface area contributed by atoms with Crippen LogP contribution in [0.5, 0.6) is 0 Å². The van der Waals surface area contributed by atoms with Crippen molar-refractivity contribution >= 4 is 40.0 Å². The standard InChI is InChI=1S/C13H20N2OS3/c1-9-11(19-12(14)15-9)18-10-2-5-16-13(8-10)3-6-17-7-4-13/h10H,2-8H2,1H3,(H2,14,15). The van der Waals surface area contributed by atoms with Gasteiger partial charge in [-0.3, -0.25) is 0 Å². The predicted octanol–water partition coefficient (Wildman–Crippen LogP) is 3.57. The van der Waals surface area contributed by atoms with Crippen molar-refractivity contribution in [2.75, 3.05) is 23.8 Å². The SMILES string of the molecule is Cc1nc(N)sc1SC1CCOC2(CCSCC2)C1. The molecule has 0 bridgehead atoms. The van der Waals surface area contributed by atoms with Crippen LogP contribution in [0.3, 0.4) is 0 Å². The van der Waals surface area contributed by atoms with E-state index in [-0.39, 0.29) is 5.60 Å². The maximum Gasteiger partial charge on any atom is 0.181 e. The average molecular weight is 317 g/mol. The van der Waals surface area contributed by atoms with Gasteiger partial charge in [-0.25, -0.2) is 4.98 Å². The molecule has 1 atom stereocenters. The lowest BCUT2D eigenvalue weighted by Gasteiger charge is -2.43. The number of aromatic nitrogens is 1. The molecule has 0 radical (unpaired) electrons. The lowest BCUT2D eigenvalue weighted by Crippen LogP contribution is -2.43. The van der Waals surface area contributed by atoms with E-state index < -0.39 is 0 Å². The van der Waals surface area contributed by atoms with Gasteiger partial charge in [0.25, 0.3) is 0 Å². The molecule has 19 heavy (non-hydrogen) atoms. The molecule has 3 rings (SSSR count). The van der Waals surface area contributed by atoms with Gasteiger partial charge in [0.05, 0.1) is 15.5 Å². The molecule has 0 saturated carbocycles. The number of ether oxygens (including phenoxy) is 1. The molecule has 6 heteroatoms. The number of nitrogens with two attached hydrogens (primary N) is 1. The van der Waals surface area contributed by atoms with E-state index >= 15 is 0 Å². The van der Waals surface area contributed by atoms with E-state index in [2.05, 4.69) is 23.7 Å². The van der Waals surface area contributed by atoms with E-state index in [0.29, 0.717) is 10.4 Å². The summed E-state index contributed by atoms with van der Waals surface area (Å²) in [4.78, 5) is 4.32. The molecule has 2 N–H and O–H groups in total. The van der Waals surface area contributed by atoms with Crippen LogP contribution in [0.2, 0.25) is 0 Å². The van der Waals surface area contributed by atoms with Gasteiger partial charge in [0.2, 0.25) is 0 Å². The molecule has 0 aromatic carbocycles. The first-order chi connectivity index (χ1) is 9.17. The van der Waals surface area contributed by atoms with E-state index in [4.69, 9.17) is 10.5 Å². The average Bonchev–Trinajstić information content (AvgIpc) is 2.69. The molecule has 2 aliphatic rings. The number of anilines is 1. The molecule has 2 aliphatic heterocycles. The topological polar surface area (TPSA) is 48.1 Å².